The molecule has 0 bridgehead atoms. The normalized spacial score (nSPS) is 13.8. The number of anilines is 2. The number of barbiturate groups is 1. The third-order valence-corrected chi connectivity index (χ3v) is 6.00. The average Bonchev–Trinajstić information content (AvgIpc) is 3.36. The SMILES string of the molecule is O=C(O)c1ccc(Cl)c(-c2ccc(C=C3C(=O)N(c4ccccc4)C(=O)N(c4ccccc4)C3=O)o2)c1. The minimum atomic E-state index is -1.13. The number of nitrogens with zero attached hydrogens (tertiary/aromatic N) is 2. The first-order valence-electron chi connectivity index (χ1n) is 11.0. The van der Waals surface area contributed by atoms with Crippen LogP contribution in [-0.2, 0) is 9.59 Å². The highest BCUT2D eigenvalue weighted by molar-refractivity contribution is 6.46. The molecule has 1 N–H and O–H groups in total. The number of aromatic carboxylic acids is 1. The molecule has 1 fully saturated rings. The lowest BCUT2D eigenvalue weighted by Crippen LogP contribution is -2.57. The van der Waals surface area contributed by atoms with Gasteiger partial charge < -0.3 is 9.52 Å². The molecule has 2 heterocycles. The van der Waals surface area contributed by atoms with Crippen molar-refractivity contribution in [2.45, 2.75) is 0 Å². The van der Waals surface area contributed by atoms with Crippen LogP contribution < -0.4 is 9.80 Å². The van der Waals surface area contributed by atoms with Gasteiger partial charge in [-0.3, -0.25) is 9.59 Å². The summed E-state index contributed by atoms with van der Waals surface area (Å²) < 4.78 is 5.81. The van der Waals surface area contributed by atoms with Gasteiger partial charge in [0.15, 0.2) is 0 Å². The van der Waals surface area contributed by atoms with Gasteiger partial charge in [-0.05, 0) is 60.7 Å². The maximum Gasteiger partial charge on any atom is 0.343 e. The van der Waals surface area contributed by atoms with Crippen LogP contribution in [0.2, 0.25) is 5.02 Å². The first-order chi connectivity index (χ1) is 17.8. The number of amides is 4. The number of carboxylic acids is 1. The summed E-state index contributed by atoms with van der Waals surface area (Å²) in [5.74, 6) is -2.36. The summed E-state index contributed by atoms with van der Waals surface area (Å²) in [6, 6.07) is 23.0. The molecule has 5 rings (SSSR count). The van der Waals surface area contributed by atoms with E-state index in [-0.39, 0.29) is 27.7 Å². The van der Waals surface area contributed by atoms with E-state index in [0.717, 1.165) is 9.80 Å². The Labute approximate surface area is 215 Å². The maximum absolute atomic E-state index is 13.4. The molecule has 8 nitrogen and oxygen atoms in total. The second-order valence-electron chi connectivity index (χ2n) is 7.99. The number of para-hydroxylation sites is 2. The van der Waals surface area contributed by atoms with Crippen molar-refractivity contribution in [3.05, 3.63) is 113 Å². The number of hydrogen-bond acceptors (Lipinski definition) is 5. The molecule has 1 saturated heterocycles. The summed E-state index contributed by atoms with van der Waals surface area (Å²) in [6.07, 6.45) is 1.25. The fourth-order valence-electron chi connectivity index (χ4n) is 3.90. The topological polar surface area (TPSA) is 108 Å². The van der Waals surface area contributed by atoms with Crippen molar-refractivity contribution in [1.82, 2.24) is 0 Å². The van der Waals surface area contributed by atoms with E-state index in [0.29, 0.717) is 16.9 Å². The van der Waals surface area contributed by atoms with Gasteiger partial charge in [-0.25, -0.2) is 19.4 Å². The third-order valence-electron chi connectivity index (χ3n) is 5.67. The Hall–Kier alpha value is -4.95. The van der Waals surface area contributed by atoms with E-state index in [9.17, 15) is 24.3 Å². The number of rotatable bonds is 5. The van der Waals surface area contributed by atoms with Gasteiger partial charge in [-0.2, -0.15) is 0 Å². The zero-order valence-corrected chi connectivity index (χ0v) is 19.8. The van der Waals surface area contributed by atoms with Crippen molar-refractivity contribution in [2.24, 2.45) is 0 Å². The van der Waals surface area contributed by atoms with Crippen LogP contribution in [0.5, 0.6) is 0 Å². The van der Waals surface area contributed by atoms with Gasteiger partial charge in [0.25, 0.3) is 11.8 Å². The number of carboxylic acid groups (broad SMARTS) is 1. The molecule has 1 aliphatic rings. The smallest absolute Gasteiger partial charge is 0.343 e. The summed E-state index contributed by atoms with van der Waals surface area (Å²) in [5.41, 5.74) is 0.658. The Bertz CT molecular complexity index is 1510. The van der Waals surface area contributed by atoms with E-state index in [1.807, 2.05) is 0 Å². The molecule has 4 amide bonds. The van der Waals surface area contributed by atoms with Crippen LogP contribution in [0, 0.1) is 0 Å². The highest BCUT2D eigenvalue weighted by Crippen LogP contribution is 2.33. The number of urea groups is 1. The van der Waals surface area contributed by atoms with Crippen molar-refractivity contribution in [1.29, 1.82) is 0 Å². The summed E-state index contributed by atoms with van der Waals surface area (Å²) in [6.45, 7) is 0. The molecule has 0 spiro atoms. The average molecular weight is 513 g/mol. The number of benzene rings is 3. The fourth-order valence-corrected chi connectivity index (χ4v) is 4.11. The molecule has 1 aliphatic heterocycles. The molecule has 0 aliphatic carbocycles. The number of halogens is 1. The molecule has 1 aromatic heterocycles. The van der Waals surface area contributed by atoms with E-state index in [1.54, 1.807) is 66.7 Å². The standard InChI is InChI=1S/C28H17ClN2O6/c29-23-13-11-17(27(34)35)15-21(23)24-14-12-20(37-24)16-22-25(32)30(18-7-3-1-4-8-18)28(36)31(26(22)33)19-9-5-2-6-10-19/h1-16H,(H,34,35). The van der Waals surface area contributed by atoms with Crippen LogP contribution in [0.4, 0.5) is 16.2 Å². The van der Waals surface area contributed by atoms with Crippen LogP contribution in [-0.4, -0.2) is 28.9 Å². The van der Waals surface area contributed by atoms with E-state index in [4.69, 9.17) is 16.0 Å². The Morgan fingerprint density at radius 2 is 1.35 bits per heavy atom. The van der Waals surface area contributed by atoms with Crippen molar-refractivity contribution in [3.8, 4) is 11.3 Å². The zero-order valence-electron chi connectivity index (χ0n) is 19.0. The molecule has 37 heavy (non-hydrogen) atoms. The molecule has 182 valence electrons. The lowest BCUT2D eigenvalue weighted by atomic mass is 10.1. The predicted octanol–water partition coefficient (Wildman–Crippen LogP) is 5.88. The van der Waals surface area contributed by atoms with Crippen molar-refractivity contribution in [2.75, 3.05) is 9.80 Å². The molecule has 0 unspecified atom stereocenters. The lowest BCUT2D eigenvalue weighted by Gasteiger charge is -2.33. The maximum atomic E-state index is 13.4. The van der Waals surface area contributed by atoms with E-state index in [2.05, 4.69) is 0 Å². The van der Waals surface area contributed by atoms with Gasteiger partial charge >= 0.3 is 12.0 Å². The van der Waals surface area contributed by atoms with Crippen molar-refractivity contribution in [3.63, 3.8) is 0 Å². The van der Waals surface area contributed by atoms with E-state index >= 15 is 0 Å². The van der Waals surface area contributed by atoms with Gasteiger partial charge in [-0.1, -0.05) is 48.0 Å². The van der Waals surface area contributed by atoms with Crippen LogP contribution in [0.1, 0.15) is 16.1 Å². The summed E-state index contributed by atoms with van der Waals surface area (Å²) >= 11 is 6.25. The molecular formula is C28H17ClN2O6. The van der Waals surface area contributed by atoms with Crippen LogP contribution in [0.3, 0.4) is 0 Å². The number of carbonyl (C=O) groups excluding carboxylic acids is 3. The second-order valence-corrected chi connectivity index (χ2v) is 8.40. The molecular weight excluding hydrogens is 496 g/mol. The molecule has 0 radical (unpaired) electrons. The van der Waals surface area contributed by atoms with E-state index in [1.165, 1.54) is 30.3 Å². The fraction of sp³-hybridized carbons (Fsp3) is 0. The number of hydrogen-bond donors (Lipinski definition) is 1. The van der Waals surface area contributed by atoms with Crippen LogP contribution >= 0.6 is 11.6 Å². The van der Waals surface area contributed by atoms with Gasteiger partial charge in [0.05, 0.1) is 22.0 Å². The highest BCUT2D eigenvalue weighted by Gasteiger charge is 2.43. The molecule has 3 aromatic carbocycles. The van der Waals surface area contributed by atoms with Gasteiger partial charge in [0.1, 0.15) is 17.1 Å². The van der Waals surface area contributed by atoms with Gasteiger partial charge in [0, 0.05) is 5.56 Å². The minimum absolute atomic E-state index is 0.0175. The molecule has 9 heteroatoms. The number of furan rings is 1. The summed E-state index contributed by atoms with van der Waals surface area (Å²) in [7, 11) is 0. The first-order valence-corrected chi connectivity index (χ1v) is 11.4. The van der Waals surface area contributed by atoms with Crippen molar-refractivity contribution < 1.29 is 28.7 Å². The third kappa shape index (κ3) is 4.41. The second kappa shape index (κ2) is 9.60. The minimum Gasteiger partial charge on any atom is -0.478 e. The summed E-state index contributed by atoms with van der Waals surface area (Å²) in [5, 5.41) is 9.55. The lowest BCUT2D eigenvalue weighted by molar-refractivity contribution is -0.121. The Morgan fingerprint density at radius 1 is 0.784 bits per heavy atom. The van der Waals surface area contributed by atoms with Gasteiger partial charge in [0.2, 0.25) is 0 Å². The van der Waals surface area contributed by atoms with Gasteiger partial charge in [-0.15, -0.1) is 0 Å². The Morgan fingerprint density at radius 3 is 1.89 bits per heavy atom. The quantitative estimate of drug-likeness (QED) is 0.264. The van der Waals surface area contributed by atoms with Crippen molar-refractivity contribution >= 4 is 52.9 Å². The van der Waals surface area contributed by atoms with E-state index < -0.39 is 23.8 Å². The number of imide groups is 2. The Balaban J connectivity index is 1.59. The molecule has 0 atom stereocenters. The van der Waals surface area contributed by atoms with Crippen LogP contribution in [0.15, 0.2) is 101 Å². The first kappa shape index (κ1) is 23.8. The molecule has 0 saturated carbocycles. The largest absolute Gasteiger partial charge is 0.478 e. The predicted molar refractivity (Wildman–Crippen MR) is 137 cm³/mol. The zero-order chi connectivity index (χ0) is 26.1. The Kier molecular flexibility index (Phi) is 6.17. The highest BCUT2D eigenvalue weighted by atomic mass is 35.5. The monoisotopic (exact) mass is 512 g/mol. The summed E-state index contributed by atoms with van der Waals surface area (Å²) in [4.78, 5) is 53.5. The molecule has 4 aromatic rings. The number of carbonyl (C=O) groups is 4. The van der Waals surface area contributed by atoms with Crippen LogP contribution in [0.25, 0.3) is 17.4 Å².